The molecule has 0 aliphatic rings. The Labute approximate surface area is 309 Å². The van der Waals surface area contributed by atoms with E-state index in [0.717, 1.165) is 17.1 Å². The SMILES string of the molecule is c1ccc(-c2ccc(-c3cc4ccccc4c4ccccc34)cc2N(c2ccccc2)c2ccc(-c3cc4ccccc4c4ccccc34)cc2)cc1. The van der Waals surface area contributed by atoms with Gasteiger partial charge in [-0.15, -0.1) is 0 Å². The second-order valence-electron chi connectivity index (χ2n) is 13.7. The summed E-state index contributed by atoms with van der Waals surface area (Å²) in [6.07, 6.45) is 0. The molecule has 0 aliphatic carbocycles. The highest BCUT2D eigenvalue weighted by atomic mass is 15.1. The van der Waals surface area contributed by atoms with Crippen molar-refractivity contribution in [1.82, 2.24) is 0 Å². The molecule has 1 nitrogen and oxygen atoms in total. The molecule has 0 aromatic heterocycles. The van der Waals surface area contributed by atoms with Crippen molar-refractivity contribution in [2.45, 2.75) is 0 Å². The highest BCUT2D eigenvalue weighted by Gasteiger charge is 2.20. The van der Waals surface area contributed by atoms with Crippen molar-refractivity contribution in [3.8, 4) is 33.4 Å². The average Bonchev–Trinajstić information content (AvgIpc) is 3.24. The number of nitrogens with zero attached hydrogens (tertiary/aromatic N) is 1. The largest absolute Gasteiger partial charge is 0.310 e. The molecule has 0 bridgehead atoms. The Bertz CT molecular complexity index is 2930. The third-order valence-corrected chi connectivity index (χ3v) is 10.6. The molecule has 10 aromatic carbocycles. The quantitative estimate of drug-likeness (QED) is 0.159. The van der Waals surface area contributed by atoms with Crippen LogP contribution >= 0.6 is 0 Å². The smallest absolute Gasteiger partial charge is 0.0546 e. The molecule has 0 fully saturated rings. The zero-order chi connectivity index (χ0) is 35.1. The van der Waals surface area contributed by atoms with Crippen LogP contribution < -0.4 is 4.90 Å². The molecule has 0 N–H and O–H groups in total. The zero-order valence-electron chi connectivity index (χ0n) is 29.2. The van der Waals surface area contributed by atoms with Crippen molar-refractivity contribution in [3.63, 3.8) is 0 Å². The molecule has 0 aliphatic heterocycles. The van der Waals surface area contributed by atoms with Crippen LogP contribution in [0, 0.1) is 0 Å². The second-order valence-corrected chi connectivity index (χ2v) is 13.7. The highest BCUT2D eigenvalue weighted by molar-refractivity contribution is 6.15. The third kappa shape index (κ3) is 5.42. The number of fused-ring (bicyclic) bond motifs is 6. The monoisotopic (exact) mass is 673 g/mol. The van der Waals surface area contributed by atoms with Crippen LogP contribution in [-0.2, 0) is 0 Å². The summed E-state index contributed by atoms with van der Waals surface area (Å²) in [5.41, 5.74) is 10.5. The Morgan fingerprint density at radius 3 is 1.25 bits per heavy atom. The zero-order valence-corrected chi connectivity index (χ0v) is 29.2. The highest BCUT2D eigenvalue weighted by Crippen LogP contribution is 2.45. The summed E-state index contributed by atoms with van der Waals surface area (Å²) >= 11 is 0. The van der Waals surface area contributed by atoms with E-state index in [-0.39, 0.29) is 0 Å². The van der Waals surface area contributed by atoms with Gasteiger partial charge in [0.2, 0.25) is 0 Å². The van der Waals surface area contributed by atoms with Crippen LogP contribution in [0.1, 0.15) is 0 Å². The number of hydrogen-bond donors (Lipinski definition) is 0. The first-order valence-corrected chi connectivity index (χ1v) is 18.3. The van der Waals surface area contributed by atoms with Gasteiger partial charge >= 0.3 is 0 Å². The maximum Gasteiger partial charge on any atom is 0.0546 e. The molecule has 0 spiro atoms. The van der Waals surface area contributed by atoms with E-state index in [1.54, 1.807) is 0 Å². The fourth-order valence-electron chi connectivity index (χ4n) is 8.13. The van der Waals surface area contributed by atoms with Crippen LogP contribution in [0.4, 0.5) is 17.1 Å². The van der Waals surface area contributed by atoms with E-state index in [1.165, 1.54) is 76.5 Å². The van der Waals surface area contributed by atoms with E-state index in [4.69, 9.17) is 0 Å². The first kappa shape index (κ1) is 30.8. The molecule has 1 heteroatoms. The van der Waals surface area contributed by atoms with Crippen molar-refractivity contribution in [3.05, 3.63) is 212 Å². The van der Waals surface area contributed by atoms with Gasteiger partial charge in [0.05, 0.1) is 5.69 Å². The number of hydrogen-bond acceptors (Lipinski definition) is 1. The molecular weight excluding hydrogens is 639 g/mol. The Balaban J connectivity index is 1.18. The minimum Gasteiger partial charge on any atom is -0.310 e. The Kier molecular flexibility index (Phi) is 7.55. The normalized spacial score (nSPS) is 11.4. The van der Waals surface area contributed by atoms with Gasteiger partial charge in [-0.05, 0) is 113 Å². The lowest BCUT2D eigenvalue weighted by Crippen LogP contribution is -2.11. The fourth-order valence-corrected chi connectivity index (χ4v) is 8.13. The Morgan fingerprint density at radius 1 is 0.245 bits per heavy atom. The maximum absolute atomic E-state index is 2.41. The van der Waals surface area contributed by atoms with Gasteiger partial charge in [0, 0.05) is 16.9 Å². The van der Waals surface area contributed by atoms with Gasteiger partial charge in [-0.1, -0.05) is 170 Å². The molecule has 248 valence electrons. The maximum atomic E-state index is 2.41. The Hall–Kier alpha value is -6.96. The van der Waals surface area contributed by atoms with Crippen molar-refractivity contribution in [2.75, 3.05) is 4.90 Å². The first-order valence-electron chi connectivity index (χ1n) is 18.3. The summed E-state index contributed by atoms with van der Waals surface area (Å²) in [5, 5.41) is 10.1. The van der Waals surface area contributed by atoms with Crippen molar-refractivity contribution >= 4 is 60.2 Å². The molecule has 0 radical (unpaired) electrons. The minimum absolute atomic E-state index is 1.10. The van der Waals surface area contributed by atoms with Crippen molar-refractivity contribution in [2.24, 2.45) is 0 Å². The van der Waals surface area contributed by atoms with E-state index in [0.29, 0.717) is 0 Å². The van der Waals surface area contributed by atoms with E-state index in [1.807, 2.05) is 0 Å². The molecule has 0 atom stereocenters. The third-order valence-electron chi connectivity index (χ3n) is 10.6. The molecule has 53 heavy (non-hydrogen) atoms. The molecule has 0 unspecified atom stereocenters. The van der Waals surface area contributed by atoms with Gasteiger partial charge in [0.25, 0.3) is 0 Å². The van der Waals surface area contributed by atoms with Gasteiger partial charge in [-0.25, -0.2) is 0 Å². The lowest BCUT2D eigenvalue weighted by molar-refractivity contribution is 1.28. The molecule has 10 rings (SSSR count). The van der Waals surface area contributed by atoms with E-state index in [2.05, 4.69) is 217 Å². The number of benzene rings is 10. The van der Waals surface area contributed by atoms with Crippen LogP contribution in [0.5, 0.6) is 0 Å². The van der Waals surface area contributed by atoms with Gasteiger partial charge in [0.15, 0.2) is 0 Å². The molecule has 0 saturated carbocycles. The second kappa shape index (κ2) is 13.0. The minimum atomic E-state index is 1.10. The van der Waals surface area contributed by atoms with Crippen LogP contribution in [0.2, 0.25) is 0 Å². The van der Waals surface area contributed by atoms with E-state index in [9.17, 15) is 0 Å². The van der Waals surface area contributed by atoms with Crippen molar-refractivity contribution < 1.29 is 0 Å². The average molecular weight is 674 g/mol. The fraction of sp³-hybridized carbons (Fsp3) is 0. The van der Waals surface area contributed by atoms with E-state index >= 15 is 0 Å². The lowest BCUT2D eigenvalue weighted by atomic mass is 9.91. The van der Waals surface area contributed by atoms with Gasteiger partial charge in [0.1, 0.15) is 0 Å². The summed E-state index contributed by atoms with van der Waals surface area (Å²) in [5.74, 6) is 0. The lowest BCUT2D eigenvalue weighted by Gasteiger charge is -2.29. The molecule has 0 amide bonds. The number of para-hydroxylation sites is 1. The summed E-state index contributed by atoms with van der Waals surface area (Å²) < 4.78 is 0. The molecule has 10 aromatic rings. The van der Waals surface area contributed by atoms with E-state index < -0.39 is 0 Å². The molecule has 0 saturated heterocycles. The Morgan fingerprint density at radius 2 is 0.660 bits per heavy atom. The predicted molar refractivity (Wildman–Crippen MR) is 227 cm³/mol. The summed E-state index contributed by atoms with van der Waals surface area (Å²) in [6, 6.07) is 77.3. The van der Waals surface area contributed by atoms with Crippen molar-refractivity contribution in [1.29, 1.82) is 0 Å². The van der Waals surface area contributed by atoms with Crippen LogP contribution in [0.3, 0.4) is 0 Å². The van der Waals surface area contributed by atoms with Gasteiger partial charge in [-0.2, -0.15) is 0 Å². The number of anilines is 3. The van der Waals surface area contributed by atoms with Crippen LogP contribution in [-0.4, -0.2) is 0 Å². The van der Waals surface area contributed by atoms with Gasteiger partial charge in [-0.3, -0.25) is 0 Å². The van der Waals surface area contributed by atoms with Gasteiger partial charge < -0.3 is 4.90 Å². The summed E-state index contributed by atoms with van der Waals surface area (Å²) in [6.45, 7) is 0. The first-order chi connectivity index (χ1) is 26.3. The summed E-state index contributed by atoms with van der Waals surface area (Å²) in [4.78, 5) is 2.41. The topological polar surface area (TPSA) is 3.24 Å². The summed E-state index contributed by atoms with van der Waals surface area (Å²) in [7, 11) is 0. The van der Waals surface area contributed by atoms with Crippen LogP contribution in [0.15, 0.2) is 212 Å². The molecular formula is C52H35N. The molecule has 0 heterocycles. The standard InChI is InChI=1S/C52H35N/c1-3-15-36(16-4-1)45-32-29-40(51-34-39-18-8-10-22-44(39)47-24-12-14-26-49(47)51)35-52(45)53(41-19-5-2-6-20-41)42-30-27-37(28-31-42)50-33-38-17-7-9-21-43(38)46-23-11-13-25-48(46)50/h1-35H. The number of rotatable bonds is 6. The van der Waals surface area contributed by atoms with Crippen LogP contribution in [0.25, 0.3) is 76.5 Å². The predicted octanol–water partition coefficient (Wildman–Crippen LogP) is 14.8.